The first-order chi connectivity index (χ1) is 9.63. The predicted octanol–water partition coefficient (Wildman–Crippen LogP) is 3.29. The number of ether oxygens (including phenoxy) is 1. The number of aryl methyl sites for hydroxylation is 2. The molecule has 0 amide bonds. The summed E-state index contributed by atoms with van der Waals surface area (Å²) >= 11 is 0. The molecular weight excluding hydrogens is 257 g/mol. The van der Waals surface area contributed by atoms with Crippen molar-refractivity contribution in [1.82, 2.24) is 15.0 Å². The molecule has 0 radical (unpaired) electrons. The van der Waals surface area contributed by atoms with Gasteiger partial charge in [0.05, 0.1) is 11.7 Å². The molecule has 0 bridgehead atoms. The monoisotopic (exact) mass is 271 g/mol. The number of halogens is 1. The van der Waals surface area contributed by atoms with Crippen LogP contribution in [0.25, 0.3) is 11.2 Å². The maximum Gasteiger partial charge on any atom is 0.178 e. The van der Waals surface area contributed by atoms with Gasteiger partial charge in [0.2, 0.25) is 0 Å². The molecule has 0 aliphatic carbocycles. The van der Waals surface area contributed by atoms with Crippen molar-refractivity contribution in [2.45, 2.75) is 20.5 Å². The Balaban J connectivity index is 1.83. The van der Waals surface area contributed by atoms with Gasteiger partial charge >= 0.3 is 0 Å². The smallest absolute Gasteiger partial charge is 0.178 e. The summed E-state index contributed by atoms with van der Waals surface area (Å²) in [7, 11) is 0. The minimum absolute atomic E-state index is 0.295. The molecule has 0 unspecified atom stereocenters. The van der Waals surface area contributed by atoms with Crippen molar-refractivity contribution in [3.05, 3.63) is 53.2 Å². The molecule has 0 fully saturated rings. The number of para-hydroxylation sites is 1. The second-order valence-corrected chi connectivity index (χ2v) is 4.72. The molecule has 2 aromatic heterocycles. The van der Waals surface area contributed by atoms with Crippen molar-refractivity contribution in [3.63, 3.8) is 0 Å². The maximum absolute atomic E-state index is 13.1. The second kappa shape index (κ2) is 4.92. The third kappa shape index (κ3) is 2.34. The van der Waals surface area contributed by atoms with Gasteiger partial charge in [0.15, 0.2) is 5.65 Å². The highest BCUT2D eigenvalue weighted by Gasteiger charge is 2.08. The SMILES string of the molecule is Cc1cccc(C)c1OCc1nc2ncc(F)cc2[nH]1. The van der Waals surface area contributed by atoms with Crippen LogP contribution in [0.1, 0.15) is 17.0 Å². The quantitative estimate of drug-likeness (QED) is 0.795. The number of imidazole rings is 1. The highest BCUT2D eigenvalue weighted by molar-refractivity contribution is 5.70. The Labute approximate surface area is 115 Å². The van der Waals surface area contributed by atoms with E-state index in [0.29, 0.717) is 23.6 Å². The first kappa shape index (κ1) is 12.6. The maximum atomic E-state index is 13.1. The van der Waals surface area contributed by atoms with Crippen molar-refractivity contribution in [3.8, 4) is 5.75 Å². The molecule has 102 valence electrons. The number of rotatable bonds is 3. The number of hydrogen-bond acceptors (Lipinski definition) is 3. The van der Waals surface area contributed by atoms with Crippen LogP contribution in [0.3, 0.4) is 0 Å². The molecule has 0 saturated carbocycles. The summed E-state index contributed by atoms with van der Waals surface area (Å²) in [6.07, 6.45) is 1.15. The molecule has 3 rings (SSSR count). The first-order valence-corrected chi connectivity index (χ1v) is 6.32. The zero-order valence-corrected chi connectivity index (χ0v) is 11.3. The number of aromatic amines is 1. The van der Waals surface area contributed by atoms with Crippen molar-refractivity contribution in [2.24, 2.45) is 0 Å². The van der Waals surface area contributed by atoms with Crippen molar-refractivity contribution in [1.29, 1.82) is 0 Å². The lowest BCUT2D eigenvalue weighted by molar-refractivity contribution is 0.293. The van der Waals surface area contributed by atoms with Crippen LogP contribution in [0, 0.1) is 19.7 Å². The Morgan fingerprint density at radius 2 is 2.00 bits per heavy atom. The van der Waals surface area contributed by atoms with Gasteiger partial charge in [0, 0.05) is 6.07 Å². The predicted molar refractivity (Wildman–Crippen MR) is 74.1 cm³/mol. The minimum atomic E-state index is -0.386. The molecule has 0 aliphatic rings. The number of fused-ring (bicyclic) bond motifs is 1. The molecule has 1 aromatic carbocycles. The van der Waals surface area contributed by atoms with Gasteiger partial charge in [0.25, 0.3) is 0 Å². The van der Waals surface area contributed by atoms with E-state index in [2.05, 4.69) is 15.0 Å². The van der Waals surface area contributed by atoms with Crippen LogP contribution in [0.2, 0.25) is 0 Å². The van der Waals surface area contributed by atoms with E-state index in [0.717, 1.165) is 23.1 Å². The van der Waals surface area contributed by atoms with Crippen LogP contribution in [0.4, 0.5) is 4.39 Å². The Hall–Kier alpha value is -2.43. The zero-order valence-electron chi connectivity index (χ0n) is 11.3. The number of pyridine rings is 1. The van der Waals surface area contributed by atoms with E-state index in [-0.39, 0.29) is 5.82 Å². The summed E-state index contributed by atoms with van der Waals surface area (Å²) in [5, 5.41) is 0. The third-order valence-corrected chi connectivity index (χ3v) is 3.12. The highest BCUT2D eigenvalue weighted by Crippen LogP contribution is 2.23. The lowest BCUT2D eigenvalue weighted by Crippen LogP contribution is -2.00. The lowest BCUT2D eigenvalue weighted by atomic mass is 10.1. The van der Waals surface area contributed by atoms with Crippen LogP contribution in [0.15, 0.2) is 30.5 Å². The topological polar surface area (TPSA) is 50.8 Å². The Kier molecular flexibility index (Phi) is 3.10. The average Bonchev–Trinajstić information content (AvgIpc) is 2.80. The summed E-state index contributed by atoms with van der Waals surface area (Å²) in [4.78, 5) is 11.2. The summed E-state index contributed by atoms with van der Waals surface area (Å²) < 4.78 is 18.9. The van der Waals surface area contributed by atoms with Crippen LogP contribution < -0.4 is 4.74 Å². The summed E-state index contributed by atoms with van der Waals surface area (Å²) in [6.45, 7) is 4.29. The van der Waals surface area contributed by atoms with Crippen LogP contribution in [0.5, 0.6) is 5.75 Å². The van der Waals surface area contributed by atoms with Gasteiger partial charge in [-0.15, -0.1) is 0 Å². The van der Waals surface area contributed by atoms with Gasteiger partial charge < -0.3 is 9.72 Å². The number of nitrogens with one attached hydrogen (secondary N) is 1. The van der Waals surface area contributed by atoms with E-state index < -0.39 is 0 Å². The third-order valence-electron chi connectivity index (χ3n) is 3.12. The number of aromatic nitrogens is 3. The largest absolute Gasteiger partial charge is 0.485 e. The fraction of sp³-hybridized carbons (Fsp3) is 0.200. The van der Waals surface area contributed by atoms with E-state index in [4.69, 9.17) is 4.74 Å². The van der Waals surface area contributed by atoms with Gasteiger partial charge in [-0.3, -0.25) is 0 Å². The normalized spacial score (nSPS) is 10.9. The van der Waals surface area contributed by atoms with Crippen molar-refractivity contribution in [2.75, 3.05) is 0 Å². The van der Waals surface area contributed by atoms with Crippen LogP contribution >= 0.6 is 0 Å². The average molecular weight is 271 g/mol. The molecule has 0 spiro atoms. The molecule has 5 heteroatoms. The summed E-state index contributed by atoms with van der Waals surface area (Å²) in [5.41, 5.74) is 3.21. The summed E-state index contributed by atoms with van der Waals surface area (Å²) in [5.74, 6) is 1.09. The van der Waals surface area contributed by atoms with E-state index in [1.165, 1.54) is 6.07 Å². The molecule has 3 aromatic rings. The van der Waals surface area contributed by atoms with E-state index in [1.54, 1.807) is 0 Å². The van der Waals surface area contributed by atoms with E-state index >= 15 is 0 Å². The number of hydrogen-bond donors (Lipinski definition) is 1. The Morgan fingerprint density at radius 1 is 1.25 bits per heavy atom. The fourth-order valence-corrected chi connectivity index (χ4v) is 2.16. The molecule has 0 saturated heterocycles. The Morgan fingerprint density at radius 3 is 2.75 bits per heavy atom. The molecular formula is C15H14FN3O. The van der Waals surface area contributed by atoms with E-state index in [9.17, 15) is 4.39 Å². The van der Waals surface area contributed by atoms with E-state index in [1.807, 2.05) is 32.0 Å². The van der Waals surface area contributed by atoms with Crippen molar-refractivity contribution >= 4 is 11.2 Å². The first-order valence-electron chi connectivity index (χ1n) is 6.32. The minimum Gasteiger partial charge on any atom is -0.485 e. The molecule has 1 N–H and O–H groups in total. The molecule has 0 atom stereocenters. The van der Waals surface area contributed by atoms with Crippen LogP contribution in [-0.4, -0.2) is 15.0 Å². The van der Waals surface area contributed by atoms with Gasteiger partial charge in [0.1, 0.15) is 24.0 Å². The zero-order chi connectivity index (χ0) is 14.1. The number of benzene rings is 1. The molecule has 2 heterocycles. The standard InChI is InChI=1S/C15H14FN3O/c1-9-4-3-5-10(2)14(9)20-8-13-18-12-6-11(16)7-17-15(12)19-13/h3-7H,8H2,1-2H3,(H,17,18,19). The molecule has 4 nitrogen and oxygen atoms in total. The van der Waals surface area contributed by atoms with Crippen LogP contribution in [-0.2, 0) is 6.61 Å². The summed E-state index contributed by atoms with van der Waals surface area (Å²) in [6, 6.07) is 7.36. The van der Waals surface area contributed by atoms with Gasteiger partial charge in [-0.1, -0.05) is 18.2 Å². The number of H-pyrrole nitrogens is 1. The van der Waals surface area contributed by atoms with Gasteiger partial charge in [-0.25, -0.2) is 14.4 Å². The van der Waals surface area contributed by atoms with Gasteiger partial charge in [-0.05, 0) is 25.0 Å². The highest BCUT2D eigenvalue weighted by atomic mass is 19.1. The number of nitrogens with zero attached hydrogens (tertiary/aromatic N) is 2. The lowest BCUT2D eigenvalue weighted by Gasteiger charge is -2.10. The Bertz CT molecular complexity index is 747. The van der Waals surface area contributed by atoms with Crippen molar-refractivity contribution < 1.29 is 9.13 Å². The fourth-order valence-electron chi connectivity index (χ4n) is 2.16. The molecule has 0 aliphatic heterocycles. The second-order valence-electron chi connectivity index (χ2n) is 4.72. The molecule has 20 heavy (non-hydrogen) atoms. The van der Waals surface area contributed by atoms with Gasteiger partial charge in [-0.2, -0.15) is 0 Å².